The van der Waals surface area contributed by atoms with Crippen LogP contribution in [0.3, 0.4) is 0 Å². The van der Waals surface area contributed by atoms with Gasteiger partial charge in [-0.05, 0) is 75.9 Å². The lowest BCUT2D eigenvalue weighted by atomic mass is 9.75. The third kappa shape index (κ3) is 6.16. The molecule has 1 aliphatic heterocycles. The van der Waals surface area contributed by atoms with Crippen LogP contribution in [0.25, 0.3) is 27.8 Å². The number of hydrogen-bond donors (Lipinski definition) is 1. The topological polar surface area (TPSA) is 72.4 Å². The van der Waals surface area contributed by atoms with Crippen molar-refractivity contribution in [3.05, 3.63) is 191 Å². The van der Waals surface area contributed by atoms with Crippen LogP contribution in [-0.4, -0.2) is 18.4 Å². The van der Waals surface area contributed by atoms with Gasteiger partial charge in [0.1, 0.15) is 5.84 Å². The van der Waals surface area contributed by atoms with Gasteiger partial charge in [0.05, 0.1) is 11.6 Å². The number of aliphatic imine (C=N–C) groups is 2. The molecule has 0 amide bonds. The van der Waals surface area contributed by atoms with E-state index in [0.717, 1.165) is 34.2 Å². The Hall–Kier alpha value is -6.09. The average Bonchev–Trinajstić information content (AvgIpc) is 3.60. The largest absolute Gasteiger partial charge is 0.286 e. The first kappa shape index (κ1) is 32.1. The van der Waals surface area contributed by atoms with Gasteiger partial charge in [-0.1, -0.05) is 151 Å². The summed E-state index contributed by atoms with van der Waals surface area (Å²) < 4.78 is 0. The molecule has 0 saturated carbocycles. The van der Waals surface area contributed by atoms with E-state index >= 15 is 0 Å². The molecule has 0 fully saturated rings. The van der Waals surface area contributed by atoms with Crippen LogP contribution in [0.2, 0.25) is 0 Å². The summed E-state index contributed by atoms with van der Waals surface area (Å²) in [5, 5.41) is 19.2. The molecular formula is C46H34N4S. The summed E-state index contributed by atoms with van der Waals surface area (Å²) in [4.78, 5) is 11.6. The lowest BCUT2D eigenvalue weighted by Gasteiger charge is -2.30. The maximum atomic E-state index is 9.74. The molecule has 0 spiro atoms. The second-order valence-electron chi connectivity index (χ2n) is 12.8. The highest BCUT2D eigenvalue weighted by molar-refractivity contribution is 8.03. The molecule has 244 valence electrons. The van der Waals surface area contributed by atoms with Gasteiger partial charge in [-0.25, -0.2) is 9.98 Å². The molecular weight excluding hydrogens is 641 g/mol. The number of thioether (sulfide) groups is 1. The number of nitrogens with zero attached hydrogens (tertiary/aromatic N) is 3. The monoisotopic (exact) mass is 674 g/mol. The van der Waals surface area contributed by atoms with Gasteiger partial charge in [-0.15, -0.1) is 0 Å². The summed E-state index contributed by atoms with van der Waals surface area (Å²) in [5.41, 5.74) is 10.7. The van der Waals surface area contributed by atoms with E-state index in [0.29, 0.717) is 11.4 Å². The Morgan fingerprint density at radius 3 is 2.14 bits per heavy atom. The highest BCUT2D eigenvalue weighted by Crippen LogP contribution is 2.60. The summed E-state index contributed by atoms with van der Waals surface area (Å²) in [5.74, 6) is 0.472. The molecule has 1 N–H and O–H groups in total. The zero-order valence-corrected chi connectivity index (χ0v) is 28.7. The normalized spacial score (nSPS) is 19.2. The Balaban J connectivity index is 1.26. The fourth-order valence-corrected chi connectivity index (χ4v) is 8.89. The lowest BCUT2D eigenvalue weighted by Crippen LogP contribution is -2.23. The fourth-order valence-electron chi connectivity index (χ4n) is 7.34. The quantitative estimate of drug-likeness (QED) is 0.144. The Bertz CT molecular complexity index is 2360. The number of rotatable bonds is 6. The van der Waals surface area contributed by atoms with Gasteiger partial charge in [0, 0.05) is 33.1 Å². The van der Waals surface area contributed by atoms with E-state index in [2.05, 4.69) is 115 Å². The fraction of sp³-hybridized carbons (Fsp3) is 0.0870. The van der Waals surface area contributed by atoms with Gasteiger partial charge >= 0.3 is 0 Å². The molecule has 5 heteroatoms. The Morgan fingerprint density at radius 2 is 1.45 bits per heavy atom. The van der Waals surface area contributed by atoms with Crippen molar-refractivity contribution in [2.75, 3.05) is 0 Å². The molecule has 51 heavy (non-hydrogen) atoms. The third-order valence-electron chi connectivity index (χ3n) is 9.85. The van der Waals surface area contributed by atoms with E-state index < -0.39 is 0 Å². The van der Waals surface area contributed by atoms with Crippen LogP contribution in [-0.2, 0) is 0 Å². The predicted octanol–water partition coefficient (Wildman–Crippen LogP) is 11.3. The molecule has 4 nitrogen and oxygen atoms in total. The van der Waals surface area contributed by atoms with Crippen LogP contribution in [0, 0.1) is 28.6 Å². The van der Waals surface area contributed by atoms with Crippen molar-refractivity contribution in [2.45, 2.75) is 17.2 Å². The van der Waals surface area contributed by atoms with E-state index in [9.17, 15) is 10.7 Å². The molecule has 5 aromatic carbocycles. The third-order valence-corrected chi connectivity index (χ3v) is 11.2. The molecule has 2 aliphatic carbocycles. The van der Waals surface area contributed by atoms with E-state index in [1.807, 2.05) is 72.4 Å². The first-order valence-corrected chi connectivity index (χ1v) is 17.9. The van der Waals surface area contributed by atoms with Crippen LogP contribution in [0.4, 0.5) is 0 Å². The Kier molecular flexibility index (Phi) is 8.84. The van der Waals surface area contributed by atoms with Crippen LogP contribution in [0.5, 0.6) is 0 Å². The van der Waals surface area contributed by atoms with Gasteiger partial charge in [0.25, 0.3) is 0 Å². The average molecular weight is 675 g/mol. The summed E-state index contributed by atoms with van der Waals surface area (Å²) >= 11 is 1.84. The molecule has 5 aromatic rings. The molecule has 3 unspecified atom stereocenters. The lowest BCUT2D eigenvalue weighted by molar-refractivity contribution is 0.679. The minimum absolute atomic E-state index is 0.0905. The molecule has 3 aliphatic rings. The van der Waals surface area contributed by atoms with Crippen LogP contribution >= 0.6 is 11.8 Å². The second kappa shape index (κ2) is 14.0. The molecule has 0 saturated heterocycles. The second-order valence-corrected chi connectivity index (χ2v) is 13.9. The zero-order chi connectivity index (χ0) is 34.7. The van der Waals surface area contributed by atoms with Crippen LogP contribution in [0.1, 0.15) is 34.6 Å². The SMILES string of the molecule is C=NC(=NC(=N)C1C=CC(C2C=CC(c3ccccc3C#N)=CC2)=C2Sc3c(-c4ccccc4)cc(-c4ccccc4)cc3C21)c1ccccc1. The van der Waals surface area contributed by atoms with Gasteiger partial charge in [0.15, 0.2) is 5.84 Å². The number of nitriles is 1. The first-order valence-electron chi connectivity index (χ1n) is 17.1. The maximum Gasteiger partial charge on any atom is 0.160 e. The van der Waals surface area contributed by atoms with E-state index in [1.165, 1.54) is 32.1 Å². The summed E-state index contributed by atoms with van der Waals surface area (Å²) in [6.07, 6.45) is 11.9. The number of nitrogens with one attached hydrogen (secondary N) is 1. The maximum absolute atomic E-state index is 9.74. The highest BCUT2D eigenvalue weighted by Gasteiger charge is 2.42. The Labute approximate surface area is 303 Å². The first-order chi connectivity index (χ1) is 25.1. The molecule has 0 aromatic heterocycles. The molecule has 0 radical (unpaired) electrons. The van der Waals surface area contributed by atoms with Gasteiger partial charge < -0.3 is 0 Å². The van der Waals surface area contributed by atoms with Gasteiger partial charge in [-0.2, -0.15) is 5.26 Å². The van der Waals surface area contributed by atoms with Crippen molar-refractivity contribution in [1.29, 1.82) is 10.7 Å². The standard InChI is InChI=1S/C46H34N4S/c1-49-46(34-17-9-4-10-18-34)50-45(48)39-26-25-38(33-23-21-32(22-24-33)37-20-12-11-19-35(37)29-47)44-42(39)41-28-36(30-13-5-2-6-14-30)27-40(43(41)51-44)31-15-7-3-8-16-31/h2-23,25-28,33,39,42,48H,1,24H2. The van der Waals surface area contributed by atoms with Crippen molar-refractivity contribution in [2.24, 2.45) is 21.8 Å². The smallest absolute Gasteiger partial charge is 0.160 e. The van der Waals surface area contributed by atoms with Gasteiger partial charge in [-0.3, -0.25) is 5.41 Å². The summed E-state index contributed by atoms with van der Waals surface area (Å²) in [7, 11) is 0. The molecule has 1 heterocycles. The minimum atomic E-state index is -0.297. The van der Waals surface area contributed by atoms with Crippen molar-refractivity contribution in [3.63, 3.8) is 0 Å². The van der Waals surface area contributed by atoms with Crippen LogP contribution in [0.15, 0.2) is 183 Å². The Morgan fingerprint density at radius 1 is 0.765 bits per heavy atom. The molecule has 8 rings (SSSR count). The van der Waals surface area contributed by atoms with Crippen molar-refractivity contribution in [1.82, 2.24) is 0 Å². The van der Waals surface area contributed by atoms with E-state index in [1.54, 1.807) is 0 Å². The molecule has 3 atom stereocenters. The summed E-state index contributed by atoms with van der Waals surface area (Å²) in [6, 6.07) is 45.7. The van der Waals surface area contributed by atoms with Crippen molar-refractivity contribution < 1.29 is 0 Å². The summed E-state index contributed by atoms with van der Waals surface area (Å²) in [6.45, 7) is 3.80. The molecule has 0 bridgehead atoms. The van der Waals surface area contributed by atoms with Gasteiger partial charge in [0.2, 0.25) is 0 Å². The number of fused-ring (bicyclic) bond motifs is 3. The number of allylic oxidation sites excluding steroid dienone is 7. The van der Waals surface area contributed by atoms with Crippen molar-refractivity contribution >= 4 is 35.7 Å². The number of hydrogen-bond acceptors (Lipinski definition) is 3. The highest BCUT2D eigenvalue weighted by atomic mass is 32.2. The zero-order valence-electron chi connectivity index (χ0n) is 27.9. The minimum Gasteiger partial charge on any atom is -0.286 e. The number of amidine groups is 2. The van der Waals surface area contributed by atoms with Crippen LogP contribution < -0.4 is 0 Å². The predicted molar refractivity (Wildman–Crippen MR) is 212 cm³/mol. The van der Waals surface area contributed by atoms with Crippen molar-refractivity contribution in [3.8, 4) is 28.3 Å². The van der Waals surface area contributed by atoms with E-state index in [4.69, 9.17) is 4.99 Å². The van der Waals surface area contributed by atoms with E-state index in [-0.39, 0.29) is 23.6 Å². The number of benzene rings is 5.